The van der Waals surface area contributed by atoms with Gasteiger partial charge in [-0.05, 0) is 19.8 Å². The Balaban J connectivity index is 2.26. The number of rotatable bonds is 4. The standard InChI is InChI=1S/C11H13N3O3/c1-7-12-5-9-11(17)13-8(6-14(7)9)3-2-4-10(15)16/h5-6H,2-4H2,1H3,(H,13,17)(H,15,16). The van der Waals surface area contributed by atoms with Crippen molar-refractivity contribution in [3.05, 3.63) is 34.3 Å². The van der Waals surface area contributed by atoms with Crippen molar-refractivity contribution in [1.82, 2.24) is 14.4 Å². The summed E-state index contributed by atoms with van der Waals surface area (Å²) in [5.74, 6) is -0.0854. The van der Waals surface area contributed by atoms with Crippen LogP contribution in [0.2, 0.25) is 0 Å². The van der Waals surface area contributed by atoms with Gasteiger partial charge < -0.3 is 10.1 Å². The Bertz CT molecular complexity index is 612. The van der Waals surface area contributed by atoms with Crippen molar-refractivity contribution < 1.29 is 9.90 Å². The van der Waals surface area contributed by atoms with Gasteiger partial charge >= 0.3 is 5.97 Å². The van der Waals surface area contributed by atoms with Crippen LogP contribution in [0.1, 0.15) is 24.4 Å². The van der Waals surface area contributed by atoms with Gasteiger partial charge in [0.25, 0.3) is 5.56 Å². The Kier molecular flexibility index (Phi) is 2.95. The van der Waals surface area contributed by atoms with Crippen molar-refractivity contribution >= 4 is 11.5 Å². The molecule has 17 heavy (non-hydrogen) atoms. The molecule has 0 spiro atoms. The molecule has 0 atom stereocenters. The van der Waals surface area contributed by atoms with E-state index < -0.39 is 5.97 Å². The predicted molar refractivity (Wildman–Crippen MR) is 61.1 cm³/mol. The van der Waals surface area contributed by atoms with Crippen LogP contribution in [-0.4, -0.2) is 25.4 Å². The van der Waals surface area contributed by atoms with Gasteiger partial charge in [0, 0.05) is 18.3 Å². The molecule has 0 unspecified atom stereocenters. The maximum absolute atomic E-state index is 11.7. The average molecular weight is 235 g/mol. The molecule has 0 aliphatic carbocycles. The van der Waals surface area contributed by atoms with E-state index in [1.807, 2.05) is 6.92 Å². The van der Waals surface area contributed by atoms with E-state index in [2.05, 4.69) is 9.97 Å². The van der Waals surface area contributed by atoms with Crippen LogP contribution in [0.25, 0.3) is 5.52 Å². The summed E-state index contributed by atoms with van der Waals surface area (Å²) < 4.78 is 1.72. The van der Waals surface area contributed by atoms with Gasteiger partial charge in [0.2, 0.25) is 0 Å². The SMILES string of the molecule is Cc1ncc2c(=O)[nH]c(CCCC(=O)O)cn12. The summed E-state index contributed by atoms with van der Waals surface area (Å²) in [5, 5.41) is 8.54. The van der Waals surface area contributed by atoms with Crippen molar-refractivity contribution in [2.24, 2.45) is 0 Å². The minimum atomic E-state index is -0.827. The molecular formula is C11H13N3O3. The maximum Gasteiger partial charge on any atom is 0.303 e. The zero-order chi connectivity index (χ0) is 12.4. The van der Waals surface area contributed by atoms with Gasteiger partial charge in [0.05, 0.1) is 6.20 Å². The third-order valence-electron chi connectivity index (χ3n) is 2.61. The Labute approximate surface area is 96.9 Å². The fraction of sp³-hybridized carbons (Fsp3) is 0.364. The summed E-state index contributed by atoms with van der Waals surface area (Å²) in [7, 11) is 0. The first-order valence-electron chi connectivity index (χ1n) is 5.35. The van der Waals surface area contributed by atoms with Gasteiger partial charge in [0.1, 0.15) is 11.3 Å². The zero-order valence-corrected chi connectivity index (χ0v) is 9.43. The minimum Gasteiger partial charge on any atom is -0.481 e. The molecule has 0 aliphatic rings. The van der Waals surface area contributed by atoms with Crippen LogP contribution in [0, 0.1) is 6.92 Å². The molecular weight excluding hydrogens is 222 g/mol. The summed E-state index contributed by atoms with van der Waals surface area (Å²) in [6.07, 6.45) is 4.46. The van der Waals surface area contributed by atoms with E-state index in [1.165, 1.54) is 6.20 Å². The van der Waals surface area contributed by atoms with Crippen LogP contribution in [-0.2, 0) is 11.2 Å². The highest BCUT2D eigenvalue weighted by atomic mass is 16.4. The molecule has 2 heterocycles. The Hall–Kier alpha value is -2.11. The number of nitrogens with one attached hydrogen (secondary N) is 1. The summed E-state index contributed by atoms with van der Waals surface area (Å²) >= 11 is 0. The molecule has 0 radical (unpaired) electrons. The second kappa shape index (κ2) is 4.40. The highest BCUT2D eigenvalue weighted by molar-refractivity contribution is 5.66. The van der Waals surface area contributed by atoms with E-state index in [0.717, 1.165) is 11.5 Å². The lowest BCUT2D eigenvalue weighted by atomic mass is 10.2. The van der Waals surface area contributed by atoms with Gasteiger partial charge in [-0.25, -0.2) is 4.98 Å². The number of carboxylic acid groups (broad SMARTS) is 1. The summed E-state index contributed by atoms with van der Waals surface area (Å²) in [6.45, 7) is 1.81. The number of fused-ring (bicyclic) bond motifs is 1. The van der Waals surface area contributed by atoms with Crippen LogP contribution < -0.4 is 5.56 Å². The monoisotopic (exact) mass is 235 g/mol. The van der Waals surface area contributed by atoms with E-state index in [1.54, 1.807) is 10.6 Å². The second-order valence-electron chi connectivity index (χ2n) is 3.92. The fourth-order valence-electron chi connectivity index (χ4n) is 1.74. The van der Waals surface area contributed by atoms with Gasteiger partial charge in [-0.3, -0.25) is 14.0 Å². The fourth-order valence-corrected chi connectivity index (χ4v) is 1.74. The lowest BCUT2D eigenvalue weighted by Gasteiger charge is -2.02. The van der Waals surface area contributed by atoms with Crippen molar-refractivity contribution in [3.63, 3.8) is 0 Å². The van der Waals surface area contributed by atoms with Crippen LogP contribution in [0.3, 0.4) is 0 Å². The smallest absolute Gasteiger partial charge is 0.303 e. The van der Waals surface area contributed by atoms with Crippen LogP contribution >= 0.6 is 0 Å². The summed E-state index contributed by atoms with van der Waals surface area (Å²) in [6, 6.07) is 0. The number of hydrogen-bond donors (Lipinski definition) is 2. The van der Waals surface area contributed by atoms with Gasteiger partial charge in [-0.15, -0.1) is 0 Å². The Morgan fingerprint density at radius 1 is 1.59 bits per heavy atom. The number of aryl methyl sites for hydroxylation is 2. The molecule has 90 valence electrons. The Morgan fingerprint density at radius 3 is 3.06 bits per heavy atom. The number of carboxylic acids is 1. The molecule has 2 aromatic heterocycles. The average Bonchev–Trinajstić information content (AvgIpc) is 2.61. The second-order valence-corrected chi connectivity index (χ2v) is 3.92. The first-order valence-corrected chi connectivity index (χ1v) is 5.35. The highest BCUT2D eigenvalue weighted by Crippen LogP contribution is 2.05. The Morgan fingerprint density at radius 2 is 2.35 bits per heavy atom. The van der Waals surface area contributed by atoms with Crippen LogP contribution in [0.15, 0.2) is 17.2 Å². The van der Waals surface area contributed by atoms with Crippen molar-refractivity contribution in [2.45, 2.75) is 26.2 Å². The summed E-state index contributed by atoms with van der Waals surface area (Å²) in [5.41, 5.74) is 1.03. The minimum absolute atomic E-state index is 0.100. The number of imidazole rings is 1. The summed E-state index contributed by atoms with van der Waals surface area (Å²) in [4.78, 5) is 28.9. The number of aromatic amines is 1. The first-order chi connectivity index (χ1) is 8.08. The van der Waals surface area contributed by atoms with E-state index in [4.69, 9.17) is 5.11 Å². The van der Waals surface area contributed by atoms with Crippen molar-refractivity contribution in [1.29, 1.82) is 0 Å². The lowest BCUT2D eigenvalue weighted by Crippen LogP contribution is -2.13. The molecule has 6 heteroatoms. The quantitative estimate of drug-likeness (QED) is 0.818. The van der Waals surface area contributed by atoms with E-state index in [9.17, 15) is 9.59 Å². The predicted octanol–water partition coefficient (Wildman–Crippen LogP) is 0.738. The van der Waals surface area contributed by atoms with E-state index in [0.29, 0.717) is 18.4 Å². The maximum atomic E-state index is 11.7. The normalized spacial score (nSPS) is 10.9. The molecule has 2 rings (SSSR count). The van der Waals surface area contributed by atoms with Crippen LogP contribution in [0.5, 0.6) is 0 Å². The number of nitrogens with zero attached hydrogens (tertiary/aromatic N) is 2. The topological polar surface area (TPSA) is 87.5 Å². The van der Waals surface area contributed by atoms with Crippen molar-refractivity contribution in [2.75, 3.05) is 0 Å². The molecule has 0 saturated heterocycles. The third-order valence-corrected chi connectivity index (χ3v) is 2.61. The number of hydrogen-bond acceptors (Lipinski definition) is 3. The molecule has 0 aliphatic heterocycles. The largest absolute Gasteiger partial charge is 0.481 e. The van der Waals surface area contributed by atoms with Crippen LogP contribution in [0.4, 0.5) is 0 Å². The highest BCUT2D eigenvalue weighted by Gasteiger charge is 2.05. The van der Waals surface area contributed by atoms with Gasteiger partial charge in [-0.2, -0.15) is 0 Å². The first kappa shape index (κ1) is 11.4. The van der Waals surface area contributed by atoms with E-state index >= 15 is 0 Å². The molecule has 2 aromatic rings. The van der Waals surface area contributed by atoms with E-state index in [-0.39, 0.29) is 12.0 Å². The molecule has 0 fully saturated rings. The molecule has 0 amide bonds. The molecule has 0 bridgehead atoms. The molecule has 0 aromatic carbocycles. The van der Waals surface area contributed by atoms with Crippen molar-refractivity contribution in [3.8, 4) is 0 Å². The molecule has 0 saturated carbocycles. The number of H-pyrrole nitrogens is 1. The molecule has 2 N–H and O–H groups in total. The van der Waals surface area contributed by atoms with Gasteiger partial charge in [-0.1, -0.05) is 0 Å². The number of carbonyl (C=O) groups is 1. The number of aromatic nitrogens is 3. The number of aliphatic carboxylic acids is 1. The zero-order valence-electron chi connectivity index (χ0n) is 9.43. The lowest BCUT2D eigenvalue weighted by molar-refractivity contribution is -0.137. The third kappa shape index (κ3) is 2.35. The molecule has 6 nitrogen and oxygen atoms in total. The van der Waals surface area contributed by atoms with Gasteiger partial charge in [0.15, 0.2) is 0 Å².